The highest BCUT2D eigenvalue weighted by Gasteiger charge is 2.16. The Kier molecular flexibility index (Phi) is 5.12. The van der Waals surface area contributed by atoms with Gasteiger partial charge in [0.1, 0.15) is 0 Å². The molecule has 1 aliphatic heterocycles. The number of aryl methyl sites for hydroxylation is 1. The molecule has 1 aliphatic carbocycles. The van der Waals surface area contributed by atoms with Crippen molar-refractivity contribution in [2.45, 2.75) is 70.3 Å². The second-order valence-corrected chi connectivity index (χ2v) is 6.58. The number of hydrogen-bond acceptors (Lipinski definition) is 2. The molecule has 0 unspecified atom stereocenters. The number of piperidine rings is 1. The fourth-order valence-corrected chi connectivity index (χ4v) is 3.73. The molecule has 3 rings (SSSR count). The Hall–Kier alpha value is -0.830. The molecule has 112 valence electrons. The molecule has 1 saturated carbocycles. The lowest BCUT2D eigenvalue weighted by Crippen LogP contribution is -2.30. The van der Waals surface area contributed by atoms with Crippen molar-refractivity contribution < 1.29 is 0 Å². The molecule has 0 amide bonds. The van der Waals surface area contributed by atoms with E-state index in [0.717, 1.165) is 6.42 Å². The molecule has 1 aromatic rings. The second kappa shape index (κ2) is 7.26. The lowest BCUT2D eigenvalue weighted by atomic mass is 9.96. The standard InChI is InChI=1S/C17H29N3/c1-3-9-17(10-4-1)20-15-11-16(18-20)8-7-14-19-12-5-2-6-13-19/h11,15,17H,1-10,12-14H2. The summed E-state index contributed by atoms with van der Waals surface area (Å²) in [6.07, 6.45) is 15.7. The summed E-state index contributed by atoms with van der Waals surface area (Å²) in [5, 5.41) is 4.81. The van der Waals surface area contributed by atoms with Crippen molar-refractivity contribution in [2.75, 3.05) is 19.6 Å². The number of hydrogen-bond donors (Lipinski definition) is 0. The maximum absolute atomic E-state index is 4.81. The van der Waals surface area contributed by atoms with E-state index in [1.807, 2.05) is 0 Å². The summed E-state index contributed by atoms with van der Waals surface area (Å²) >= 11 is 0. The zero-order valence-electron chi connectivity index (χ0n) is 12.8. The quantitative estimate of drug-likeness (QED) is 0.815. The van der Waals surface area contributed by atoms with Crippen LogP contribution in [0.5, 0.6) is 0 Å². The third-order valence-corrected chi connectivity index (χ3v) is 4.97. The van der Waals surface area contributed by atoms with Gasteiger partial charge in [0.15, 0.2) is 0 Å². The fraction of sp³-hybridized carbons (Fsp3) is 0.824. The molecule has 0 radical (unpaired) electrons. The van der Waals surface area contributed by atoms with Crippen LogP contribution in [0.3, 0.4) is 0 Å². The first-order valence-corrected chi connectivity index (χ1v) is 8.68. The van der Waals surface area contributed by atoms with Crippen LogP contribution in [-0.2, 0) is 6.42 Å². The number of nitrogens with zero attached hydrogens (tertiary/aromatic N) is 3. The van der Waals surface area contributed by atoms with E-state index in [-0.39, 0.29) is 0 Å². The minimum absolute atomic E-state index is 0.680. The number of likely N-dealkylation sites (tertiary alicyclic amines) is 1. The van der Waals surface area contributed by atoms with Crippen molar-refractivity contribution in [3.8, 4) is 0 Å². The summed E-state index contributed by atoms with van der Waals surface area (Å²) in [5.74, 6) is 0. The molecule has 2 fully saturated rings. The maximum atomic E-state index is 4.81. The summed E-state index contributed by atoms with van der Waals surface area (Å²) in [7, 11) is 0. The number of aromatic nitrogens is 2. The molecule has 20 heavy (non-hydrogen) atoms. The normalized spacial score (nSPS) is 22.2. The van der Waals surface area contributed by atoms with Gasteiger partial charge in [-0.3, -0.25) is 4.68 Å². The van der Waals surface area contributed by atoms with E-state index in [0.29, 0.717) is 6.04 Å². The molecule has 0 bridgehead atoms. The molecule has 0 N–H and O–H groups in total. The van der Waals surface area contributed by atoms with E-state index in [1.165, 1.54) is 83.1 Å². The van der Waals surface area contributed by atoms with Gasteiger partial charge in [-0.1, -0.05) is 25.7 Å². The Morgan fingerprint density at radius 2 is 1.75 bits per heavy atom. The van der Waals surface area contributed by atoms with Crippen LogP contribution < -0.4 is 0 Å². The van der Waals surface area contributed by atoms with Crippen molar-refractivity contribution in [2.24, 2.45) is 0 Å². The van der Waals surface area contributed by atoms with Gasteiger partial charge in [-0.15, -0.1) is 0 Å². The van der Waals surface area contributed by atoms with E-state index in [4.69, 9.17) is 5.10 Å². The molecule has 2 heterocycles. The molecule has 1 aromatic heterocycles. The molecule has 3 nitrogen and oxygen atoms in total. The highest BCUT2D eigenvalue weighted by molar-refractivity contribution is 5.00. The first-order chi connectivity index (χ1) is 9.92. The van der Waals surface area contributed by atoms with Gasteiger partial charge in [-0.2, -0.15) is 5.10 Å². The fourth-order valence-electron chi connectivity index (χ4n) is 3.73. The third-order valence-electron chi connectivity index (χ3n) is 4.97. The molecule has 1 saturated heterocycles. The third kappa shape index (κ3) is 3.85. The first-order valence-electron chi connectivity index (χ1n) is 8.68. The van der Waals surface area contributed by atoms with Crippen LogP contribution in [0.1, 0.15) is 69.5 Å². The zero-order chi connectivity index (χ0) is 13.6. The minimum Gasteiger partial charge on any atom is -0.303 e. The van der Waals surface area contributed by atoms with E-state index in [9.17, 15) is 0 Å². The summed E-state index contributed by atoms with van der Waals surface area (Å²) in [4.78, 5) is 2.63. The molecule has 0 spiro atoms. The Morgan fingerprint density at radius 3 is 2.55 bits per heavy atom. The van der Waals surface area contributed by atoms with Crippen LogP contribution in [0.2, 0.25) is 0 Å². The Bertz CT molecular complexity index is 387. The average molecular weight is 275 g/mol. The van der Waals surface area contributed by atoms with Crippen LogP contribution in [0.4, 0.5) is 0 Å². The molecule has 0 atom stereocenters. The maximum Gasteiger partial charge on any atom is 0.0625 e. The smallest absolute Gasteiger partial charge is 0.0625 e. The van der Waals surface area contributed by atoms with Gasteiger partial charge in [-0.25, -0.2) is 0 Å². The Labute approximate surface area is 123 Å². The van der Waals surface area contributed by atoms with Gasteiger partial charge in [0.2, 0.25) is 0 Å². The van der Waals surface area contributed by atoms with E-state index in [2.05, 4.69) is 21.8 Å². The predicted molar refractivity (Wildman–Crippen MR) is 83.0 cm³/mol. The van der Waals surface area contributed by atoms with E-state index < -0.39 is 0 Å². The highest BCUT2D eigenvalue weighted by atomic mass is 15.3. The van der Waals surface area contributed by atoms with E-state index >= 15 is 0 Å². The van der Waals surface area contributed by atoms with Gasteiger partial charge >= 0.3 is 0 Å². The van der Waals surface area contributed by atoms with Crippen molar-refractivity contribution in [1.82, 2.24) is 14.7 Å². The molecule has 3 heteroatoms. The Morgan fingerprint density at radius 1 is 1.00 bits per heavy atom. The molecule has 0 aromatic carbocycles. The monoisotopic (exact) mass is 275 g/mol. The zero-order valence-corrected chi connectivity index (χ0v) is 12.8. The van der Waals surface area contributed by atoms with Crippen molar-refractivity contribution in [1.29, 1.82) is 0 Å². The van der Waals surface area contributed by atoms with Gasteiger partial charge < -0.3 is 4.90 Å². The van der Waals surface area contributed by atoms with Crippen LogP contribution in [0, 0.1) is 0 Å². The first kappa shape index (κ1) is 14.1. The van der Waals surface area contributed by atoms with E-state index in [1.54, 1.807) is 0 Å². The predicted octanol–water partition coefficient (Wildman–Crippen LogP) is 3.81. The Balaban J connectivity index is 1.42. The lowest BCUT2D eigenvalue weighted by molar-refractivity contribution is 0.226. The topological polar surface area (TPSA) is 21.1 Å². The van der Waals surface area contributed by atoms with Gasteiger partial charge in [-0.05, 0) is 64.2 Å². The van der Waals surface area contributed by atoms with Gasteiger partial charge in [0.05, 0.1) is 11.7 Å². The van der Waals surface area contributed by atoms with Gasteiger partial charge in [0, 0.05) is 6.20 Å². The summed E-state index contributed by atoms with van der Waals surface area (Å²) in [5.41, 5.74) is 1.30. The SMILES string of the molecule is c1cn(C2CCCCC2)nc1CCCN1CCCCC1. The van der Waals surface area contributed by atoms with Crippen LogP contribution >= 0.6 is 0 Å². The minimum atomic E-state index is 0.680. The second-order valence-electron chi connectivity index (χ2n) is 6.58. The number of rotatable bonds is 5. The summed E-state index contributed by atoms with van der Waals surface area (Å²) < 4.78 is 2.25. The van der Waals surface area contributed by atoms with Crippen molar-refractivity contribution >= 4 is 0 Å². The molecule has 2 aliphatic rings. The van der Waals surface area contributed by atoms with Crippen LogP contribution in [-0.4, -0.2) is 34.3 Å². The van der Waals surface area contributed by atoms with Crippen molar-refractivity contribution in [3.63, 3.8) is 0 Å². The highest BCUT2D eigenvalue weighted by Crippen LogP contribution is 2.27. The average Bonchev–Trinajstić information content (AvgIpc) is 2.98. The summed E-state index contributed by atoms with van der Waals surface area (Å²) in [6, 6.07) is 2.92. The molecular weight excluding hydrogens is 246 g/mol. The van der Waals surface area contributed by atoms with Crippen molar-refractivity contribution in [3.05, 3.63) is 18.0 Å². The van der Waals surface area contributed by atoms with Gasteiger partial charge in [0.25, 0.3) is 0 Å². The molecular formula is C17H29N3. The largest absolute Gasteiger partial charge is 0.303 e. The lowest BCUT2D eigenvalue weighted by Gasteiger charge is -2.26. The van der Waals surface area contributed by atoms with Crippen LogP contribution in [0.15, 0.2) is 12.3 Å². The van der Waals surface area contributed by atoms with Crippen LogP contribution in [0.25, 0.3) is 0 Å². The summed E-state index contributed by atoms with van der Waals surface area (Å²) in [6.45, 7) is 3.89.